The highest BCUT2D eigenvalue weighted by molar-refractivity contribution is 5.88. The largest absolute Gasteiger partial charge is 0.379 e. The van der Waals surface area contributed by atoms with Gasteiger partial charge in [0.2, 0.25) is 0 Å². The lowest BCUT2D eigenvalue weighted by Crippen LogP contribution is -2.35. The van der Waals surface area contributed by atoms with Crippen LogP contribution in [0.2, 0.25) is 0 Å². The zero-order valence-corrected chi connectivity index (χ0v) is 14.6. The van der Waals surface area contributed by atoms with Gasteiger partial charge >= 0.3 is 0 Å². The maximum Gasteiger partial charge on any atom is 0.0594 e. The highest BCUT2D eigenvalue weighted by Gasteiger charge is 2.13. The van der Waals surface area contributed by atoms with Gasteiger partial charge in [0.05, 0.1) is 18.7 Å². The number of hydrogen-bond donors (Lipinski definition) is 0. The highest BCUT2D eigenvalue weighted by Crippen LogP contribution is 2.26. The van der Waals surface area contributed by atoms with Crippen LogP contribution in [0.25, 0.3) is 27.4 Å². The van der Waals surface area contributed by atoms with Crippen molar-refractivity contribution in [1.82, 2.24) is 14.5 Å². The summed E-state index contributed by atoms with van der Waals surface area (Å²) in [4.78, 5) is 6.67. The van der Waals surface area contributed by atoms with Gasteiger partial charge in [-0.3, -0.25) is 9.88 Å². The fourth-order valence-electron chi connectivity index (χ4n) is 3.82. The summed E-state index contributed by atoms with van der Waals surface area (Å²) in [5.74, 6) is 0. The van der Waals surface area contributed by atoms with E-state index in [2.05, 4.69) is 69.2 Å². The quantitative estimate of drug-likeness (QED) is 0.563. The molecule has 0 unspecified atom stereocenters. The lowest BCUT2D eigenvalue weighted by molar-refractivity contribution is 0.0344. The second kappa shape index (κ2) is 6.56. The predicted molar refractivity (Wildman–Crippen MR) is 105 cm³/mol. The Hall–Kier alpha value is -2.69. The third-order valence-corrected chi connectivity index (χ3v) is 5.22. The van der Waals surface area contributed by atoms with E-state index < -0.39 is 0 Å². The SMILES string of the molecule is c1cc(CN2CCOCC2)c2ccn(-c3ccc4cnccc4c3)c2c1. The Morgan fingerprint density at radius 3 is 2.81 bits per heavy atom. The van der Waals surface area contributed by atoms with Gasteiger partial charge in [0.15, 0.2) is 0 Å². The molecule has 4 nitrogen and oxygen atoms in total. The van der Waals surface area contributed by atoms with Crippen LogP contribution in [0, 0.1) is 0 Å². The molecule has 26 heavy (non-hydrogen) atoms. The van der Waals surface area contributed by atoms with Crippen molar-refractivity contribution in [3.05, 3.63) is 72.7 Å². The molecule has 0 radical (unpaired) electrons. The van der Waals surface area contributed by atoms with Crippen molar-refractivity contribution in [3.63, 3.8) is 0 Å². The van der Waals surface area contributed by atoms with Crippen LogP contribution in [0.5, 0.6) is 0 Å². The molecule has 0 spiro atoms. The van der Waals surface area contributed by atoms with Gasteiger partial charge in [-0.25, -0.2) is 0 Å². The molecule has 2 aromatic carbocycles. The van der Waals surface area contributed by atoms with Crippen LogP contribution in [0.1, 0.15) is 5.56 Å². The summed E-state index contributed by atoms with van der Waals surface area (Å²) in [6, 6.07) is 17.4. The standard InChI is InChI=1S/C22H21N3O/c1-2-19(16-24-10-12-26-13-11-24)21-7-9-25(22(21)3-1)20-5-4-18-15-23-8-6-17(18)14-20/h1-9,14-15H,10-13,16H2. The van der Waals surface area contributed by atoms with Crippen LogP contribution in [-0.2, 0) is 11.3 Å². The van der Waals surface area contributed by atoms with E-state index in [4.69, 9.17) is 4.74 Å². The number of morpholine rings is 1. The molecular weight excluding hydrogens is 322 g/mol. The number of pyridine rings is 1. The monoisotopic (exact) mass is 343 g/mol. The Labute approximate surface area is 152 Å². The highest BCUT2D eigenvalue weighted by atomic mass is 16.5. The van der Waals surface area contributed by atoms with E-state index in [0.29, 0.717) is 0 Å². The first kappa shape index (κ1) is 15.6. The molecule has 1 aliphatic heterocycles. The Morgan fingerprint density at radius 1 is 0.962 bits per heavy atom. The molecule has 1 fully saturated rings. The van der Waals surface area contributed by atoms with Crippen molar-refractivity contribution in [3.8, 4) is 5.69 Å². The molecule has 5 rings (SSSR count). The van der Waals surface area contributed by atoms with Crippen LogP contribution < -0.4 is 0 Å². The molecule has 4 aromatic rings. The van der Waals surface area contributed by atoms with Crippen molar-refractivity contribution in [2.24, 2.45) is 0 Å². The smallest absolute Gasteiger partial charge is 0.0594 e. The van der Waals surface area contributed by atoms with Crippen LogP contribution in [0.3, 0.4) is 0 Å². The Bertz CT molecular complexity index is 1060. The summed E-state index contributed by atoms with van der Waals surface area (Å²) in [5, 5.41) is 3.71. The lowest BCUT2D eigenvalue weighted by atomic mass is 10.1. The normalized spacial score (nSPS) is 15.7. The van der Waals surface area contributed by atoms with Crippen LogP contribution in [-0.4, -0.2) is 40.8 Å². The van der Waals surface area contributed by atoms with Gasteiger partial charge < -0.3 is 9.30 Å². The van der Waals surface area contributed by atoms with Gasteiger partial charge in [-0.15, -0.1) is 0 Å². The lowest BCUT2D eigenvalue weighted by Gasteiger charge is -2.26. The van der Waals surface area contributed by atoms with E-state index in [1.807, 2.05) is 12.4 Å². The summed E-state index contributed by atoms with van der Waals surface area (Å²) < 4.78 is 7.75. The topological polar surface area (TPSA) is 30.3 Å². The summed E-state index contributed by atoms with van der Waals surface area (Å²) in [5.41, 5.74) is 3.82. The van der Waals surface area contributed by atoms with Gasteiger partial charge in [-0.2, -0.15) is 0 Å². The number of rotatable bonds is 3. The molecule has 3 heterocycles. The number of nitrogens with zero attached hydrogens (tertiary/aromatic N) is 3. The second-order valence-corrected chi connectivity index (χ2v) is 6.83. The van der Waals surface area contributed by atoms with Gasteiger partial charge in [0, 0.05) is 54.7 Å². The Kier molecular flexibility index (Phi) is 3.92. The molecule has 4 heteroatoms. The van der Waals surface area contributed by atoms with Crippen molar-refractivity contribution >= 4 is 21.7 Å². The molecule has 1 saturated heterocycles. The molecule has 0 N–H and O–H groups in total. The first-order valence-corrected chi connectivity index (χ1v) is 9.12. The van der Waals surface area contributed by atoms with Crippen molar-refractivity contribution in [2.75, 3.05) is 26.3 Å². The average molecular weight is 343 g/mol. The van der Waals surface area contributed by atoms with E-state index in [9.17, 15) is 0 Å². The minimum absolute atomic E-state index is 0.836. The summed E-state index contributed by atoms with van der Waals surface area (Å²) in [6.07, 6.45) is 5.93. The van der Waals surface area contributed by atoms with Crippen LogP contribution in [0.15, 0.2) is 67.1 Å². The van der Waals surface area contributed by atoms with Crippen LogP contribution in [0.4, 0.5) is 0 Å². The fourth-order valence-corrected chi connectivity index (χ4v) is 3.82. The van der Waals surface area contributed by atoms with Crippen molar-refractivity contribution < 1.29 is 4.74 Å². The molecule has 2 aromatic heterocycles. The first-order valence-electron chi connectivity index (χ1n) is 9.12. The van der Waals surface area contributed by atoms with Crippen LogP contribution >= 0.6 is 0 Å². The summed E-state index contributed by atoms with van der Waals surface area (Å²) in [6.45, 7) is 4.67. The maximum absolute atomic E-state index is 5.47. The molecule has 0 amide bonds. The first-order chi connectivity index (χ1) is 12.9. The molecule has 1 aliphatic rings. The minimum atomic E-state index is 0.836. The Balaban J connectivity index is 1.55. The van der Waals surface area contributed by atoms with Gasteiger partial charge in [-0.05, 0) is 41.3 Å². The number of aromatic nitrogens is 2. The fraction of sp³-hybridized carbons (Fsp3) is 0.227. The zero-order valence-electron chi connectivity index (χ0n) is 14.6. The Morgan fingerprint density at radius 2 is 1.88 bits per heavy atom. The van der Waals surface area contributed by atoms with Crippen molar-refractivity contribution in [1.29, 1.82) is 0 Å². The second-order valence-electron chi connectivity index (χ2n) is 6.83. The average Bonchev–Trinajstić information content (AvgIpc) is 3.14. The number of fused-ring (bicyclic) bond motifs is 2. The van der Waals surface area contributed by atoms with E-state index in [1.165, 1.54) is 32.9 Å². The molecule has 0 atom stereocenters. The van der Waals surface area contributed by atoms with Crippen molar-refractivity contribution in [2.45, 2.75) is 6.54 Å². The summed E-state index contributed by atoms with van der Waals surface area (Å²) in [7, 11) is 0. The summed E-state index contributed by atoms with van der Waals surface area (Å²) >= 11 is 0. The molecule has 0 saturated carbocycles. The zero-order chi connectivity index (χ0) is 17.3. The van der Waals surface area contributed by atoms with E-state index in [0.717, 1.165) is 32.8 Å². The third kappa shape index (κ3) is 2.77. The predicted octanol–water partition coefficient (Wildman–Crippen LogP) is 4.01. The molecule has 130 valence electrons. The molecular formula is C22H21N3O. The van der Waals surface area contributed by atoms with Gasteiger partial charge in [0.1, 0.15) is 0 Å². The third-order valence-electron chi connectivity index (χ3n) is 5.22. The number of benzene rings is 2. The molecule has 0 aliphatic carbocycles. The maximum atomic E-state index is 5.47. The number of hydrogen-bond acceptors (Lipinski definition) is 3. The van der Waals surface area contributed by atoms with Gasteiger partial charge in [-0.1, -0.05) is 18.2 Å². The minimum Gasteiger partial charge on any atom is -0.379 e. The molecule has 0 bridgehead atoms. The van der Waals surface area contributed by atoms with Gasteiger partial charge in [0.25, 0.3) is 0 Å². The van der Waals surface area contributed by atoms with E-state index in [-0.39, 0.29) is 0 Å². The number of ether oxygens (including phenoxy) is 1. The van der Waals surface area contributed by atoms with E-state index in [1.54, 1.807) is 0 Å². The van der Waals surface area contributed by atoms with E-state index >= 15 is 0 Å².